The van der Waals surface area contributed by atoms with E-state index in [2.05, 4.69) is 207 Å². The van der Waals surface area contributed by atoms with Crippen LogP contribution < -0.4 is 4.90 Å². The Hall–Kier alpha value is -6.18. The van der Waals surface area contributed by atoms with Crippen LogP contribution in [0.3, 0.4) is 0 Å². The number of rotatable bonds is 6. The quantitative estimate of drug-likeness (QED) is 0.175. The molecule has 0 saturated carbocycles. The van der Waals surface area contributed by atoms with Gasteiger partial charge in [0.2, 0.25) is 0 Å². The van der Waals surface area contributed by atoms with Gasteiger partial charge in [-0.25, -0.2) is 0 Å². The molecule has 0 bridgehead atoms. The zero-order valence-electron chi connectivity index (χ0n) is 28.3. The summed E-state index contributed by atoms with van der Waals surface area (Å²) in [7, 11) is 0. The van der Waals surface area contributed by atoms with Crippen LogP contribution in [-0.2, 0) is 5.41 Å². The molecule has 0 unspecified atom stereocenters. The maximum absolute atomic E-state index is 2.49. The van der Waals surface area contributed by atoms with Crippen molar-refractivity contribution in [3.63, 3.8) is 0 Å². The largest absolute Gasteiger partial charge is 0.309 e. The van der Waals surface area contributed by atoms with Gasteiger partial charge in [-0.3, -0.25) is 0 Å². The molecule has 0 fully saturated rings. The van der Waals surface area contributed by atoms with E-state index in [1.807, 2.05) is 0 Å². The summed E-state index contributed by atoms with van der Waals surface area (Å²) in [4.78, 5) is 2.49. The fraction of sp³-hybridized carbons (Fsp3) is 0.0612. The summed E-state index contributed by atoms with van der Waals surface area (Å²) in [5.41, 5.74) is 16.0. The molecule has 1 aliphatic rings. The van der Waals surface area contributed by atoms with Crippen molar-refractivity contribution in [1.82, 2.24) is 0 Å². The molecule has 0 amide bonds. The zero-order chi connectivity index (χ0) is 33.7. The first-order chi connectivity index (χ1) is 24.6. The average molecular weight is 640 g/mol. The molecule has 0 spiro atoms. The van der Waals surface area contributed by atoms with E-state index in [1.54, 1.807) is 0 Å². The molecule has 50 heavy (non-hydrogen) atoms. The van der Waals surface area contributed by atoms with Crippen molar-refractivity contribution in [2.45, 2.75) is 19.3 Å². The predicted molar refractivity (Wildman–Crippen MR) is 213 cm³/mol. The molecule has 0 heterocycles. The predicted octanol–water partition coefficient (Wildman–Crippen LogP) is 13.6. The Kier molecular flexibility index (Phi) is 7.21. The number of nitrogens with zero attached hydrogens (tertiary/aromatic N) is 1. The Balaban J connectivity index is 1.33. The molecular weight excluding hydrogens is 603 g/mol. The molecular formula is C49H37N. The van der Waals surface area contributed by atoms with Crippen molar-refractivity contribution < 1.29 is 0 Å². The summed E-state index contributed by atoms with van der Waals surface area (Å²) in [5, 5.41) is 2.52. The minimum Gasteiger partial charge on any atom is -0.309 e. The first-order valence-electron chi connectivity index (χ1n) is 17.5. The minimum atomic E-state index is -0.146. The van der Waals surface area contributed by atoms with Gasteiger partial charge in [-0.15, -0.1) is 0 Å². The first-order valence-corrected chi connectivity index (χ1v) is 17.5. The van der Waals surface area contributed by atoms with E-state index in [1.165, 1.54) is 72.1 Å². The summed E-state index contributed by atoms with van der Waals surface area (Å²) in [6, 6.07) is 68.5. The van der Waals surface area contributed by atoms with Crippen LogP contribution in [0.2, 0.25) is 0 Å². The smallest absolute Gasteiger partial charge is 0.0543 e. The number of para-hydroxylation sites is 1. The van der Waals surface area contributed by atoms with Gasteiger partial charge in [-0.05, 0) is 79.7 Å². The van der Waals surface area contributed by atoms with Gasteiger partial charge in [0.05, 0.1) is 11.4 Å². The number of anilines is 3. The lowest BCUT2D eigenvalue weighted by molar-refractivity contribution is 0.661. The highest BCUT2D eigenvalue weighted by atomic mass is 15.1. The third kappa shape index (κ3) is 4.85. The minimum absolute atomic E-state index is 0.146. The third-order valence-electron chi connectivity index (χ3n) is 10.5. The molecule has 1 nitrogen and oxygen atoms in total. The highest BCUT2D eigenvalue weighted by Crippen LogP contribution is 2.55. The van der Waals surface area contributed by atoms with E-state index in [0.29, 0.717) is 0 Å². The standard InChI is InChI=1S/C49H37N/c1-49(2)44-27-15-13-26-43(44)48-42-25-12-11-24-41(42)47(33-45(48)49)50(37-31-29-35(30-32-37)34-17-5-3-6-18-34)46-28-16-14-23-40(46)39-22-10-9-21-38(39)36-19-7-4-8-20-36/h3-33H,1-2H3. The molecule has 8 aromatic carbocycles. The molecule has 9 rings (SSSR count). The molecule has 0 N–H and O–H groups in total. The highest BCUT2D eigenvalue weighted by molar-refractivity contribution is 6.10. The lowest BCUT2D eigenvalue weighted by atomic mass is 9.81. The molecule has 8 aromatic rings. The fourth-order valence-electron chi connectivity index (χ4n) is 8.04. The molecule has 1 heteroatoms. The summed E-state index contributed by atoms with van der Waals surface area (Å²) >= 11 is 0. The summed E-state index contributed by atoms with van der Waals surface area (Å²) < 4.78 is 0. The number of fused-ring (bicyclic) bond motifs is 5. The number of hydrogen-bond donors (Lipinski definition) is 0. The van der Waals surface area contributed by atoms with Gasteiger partial charge >= 0.3 is 0 Å². The second-order valence-electron chi connectivity index (χ2n) is 13.7. The van der Waals surface area contributed by atoms with E-state index in [0.717, 1.165) is 11.4 Å². The van der Waals surface area contributed by atoms with Crippen LogP contribution >= 0.6 is 0 Å². The van der Waals surface area contributed by atoms with Crippen LogP contribution in [-0.4, -0.2) is 0 Å². The highest BCUT2D eigenvalue weighted by Gasteiger charge is 2.37. The van der Waals surface area contributed by atoms with Crippen LogP contribution in [0.5, 0.6) is 0 Å². The van der Waals surface area contributed by atoms with Gasteiger partial charge in [0.1, 0.15) is 0 Å². The van der Waals surface area contributed by atoms with Crippen LogP contribution in [0.1, 0.15) is 25.0 Å². The van der Waals surface area contributed by atoms with Gasteiger partial charge in [-0.2, -0.15) is 0 Å². The van der Waals surface area contributed by atoms with E-state index >= 15 is 0 Å². The van der Waals surface area contributed by atoms with Gasteiger partial charge < -0.3 is 4.90 Å². The second kappa shape index (κ2) is 12.1. The van der Waals surface area contributed by atoms with E-state index < -0.39 is 0 Å². The SMILES string of the molecule is CC1(C)c2ccccc2-c2c1cc(N(c1ccc(-c3ccccc3)cc1)c1ccccc1-c1ccccc1-c1ccccc1)c1ccccc21. The summed E-state index contributed by atoms with van der Waals surface area (Å²) in [6.07, 6.45) is 0. The Labute approximate surface area is 294 Å². The van der Waals surface area contributed by atoms with Crippen LogP contribution in [0.15, 0.2) is 188 Å². The molecule has 0 saturated heterocycles. The third-order valence-corrected chi connectivity index (χ3v) is 10.5. The Morgan fingerprint density at radius 3 is 1.60 bits per heavy atom. The Morgan fingerprint density at radius 1 is 0.360 bits per heavy atom. The Morgan fingerprint density at radius 2 is 0.880 bits per heavy atom. The van der Waals surface area contributed by atoms with Gasteiger partial charge in [0.25, 0.3) is 0 Å². The van der Waals surface area contributed by atoms with Crippen molar-refractivity contribution >= 4 is 27.8 Å². The topological polar surface area (TPSA) is 3.24 Å². The summed E-state index contributed by atoms with van der Waals surface area (Å²) in [5.74, 6) is 0. The lowest BCUT2D eigenvalue weighted by Crippen LogP contribution is -2.17. The Bertz CT molecular complexity index is 2490. The molecule has 0 aliphatic heterocycles. The molecule has 0 aromatic heterocycles. The fourth-order valence-corrected chi connectivity index (χ4v) is 8.04. The maximum atomic E-state index is 2.49. The van der Waals surface area contributed by atoms with Crippen molar-refractivity contribution in [2.24, 2.45) is 0 Å². The molecule has 238 valence electrons. The van der Waals surface area contributed by atoms with Crippen molar-refractivity contribution in [1.29, 1.82) is 0 Å². The van der Waals surface area contributed by atoms with E-state index in [4.69, 9.17) is 0 Å². The van der Waals surface area contributed by atoms with Gasteiger partial charge in [0, 0.05) is 22.1 Å². The van der Waals surface area contributed by atoms with Crippen molar-refractivity contribution in [3.05, 3.63) is 199 Å². The maximum Gasteiger partial charge on any atom is 0.0543 e. The normalized spacial score (nSPS) is 12.8. The number of benzene rings is 8. The van der Waals surface area contributed by atoms with Crippen molar-refractivity contribution in [3.8, 4) is 44.5 Å². The number of hydrogen-bond acceptors (Lipinski definition) is 1. The van der Waals surface area contributed by atoms with Crippen LogP contribution in [0, 0.1) is 0 Å². The average Bonchev–Trinajstić information content (AvgIpc) is 3.42. The molecule has 1 aliphatic carbocycles. The monoisotopic (exact) mass is 639 g/mol. The van der Waals surface area contributed by atoms with Crippen molar-refractivity contribution in [2.75, 3.05) is 4.90 Å². The molecule has 0 radical (unpaired) electrons. The summed E-state index contributed by atoms with van der Waals surface area (Å²) in [6.45, 7) is 4.75. The van der Waals surface area contributed by atoms with Gasteiger partial charge in [-0.1, -0.05) is 178 Å². The van der Waals surface area contributed by atoms with E-state index in [-0.39, 0.29) is 5.41 Å². The van der Waals surface area contributed by atoms with Crippen LogP contribution in [0.4, 0.5) is 17.1 Å². The molecule has 0 atom stereocenters. The first kappa shape index (κ1) is 29.9. The lowest BCUT2D eigenvalue weighted by Gasteiger charge is -2.31. The van der Waals surface area contributed by atoms with Crippen LogP contribution in [0.25, 0.3) is 55.3 Å². The van der Waals surface area contributed by atoms with Gasteiger partial charge in [0.15, 0.2) is 0 Å². The van der Waals surface area contributed by atoms with E-state index in [9.17, 15) is 0 Å². The zero-order valence-corrected chi connectivity index (χ0v) is 28.3. The second-order valence-corrected chi connectivity index (χ2v) is 13.7.